The second kappa shape index (κ2) is 16.4. The average Bonchev–Trinajstić information content (AvgIpc) is 2.88. The van der Waals surface area contributed by atoms with Crippen LogP contribution < -0.4 is 14.2 Å². The first-order valence-corrected chi connectivity index (χ1v) is 12.6. The maximum atomic E-state index is 12.9. The third kappa shape index (κ3) is 10.6. The number of amides is 1. The molecule has 8 nitrogen and oxygen atoms in total. The Kier molecular flexibility index (Phi) is 13.2. The molecule has 198 valence electrons. The van der Waals surface area contributed by atoms with Gasteiger partial charge in [-0.1, -0.05) is 50.8 Å². The van der Waals surface area contributed by atoms with Crippen molar-refractivity contribution in [2.45, 2.75) is 58.5 Å². The SMILES string of the molecule is CCCCCCCN(CCOc1ccc(CC(OCC)C(=O)O)cc1)C(=O)Oc1cccc(OC)c1. The number of aliphatic carboxylic acids is 1. The molecule has 0 aromatic heterocycles. The van der Waals surface area contributed by atoms with E-state index >= 15 is 0 Å². The van der Waals surface area contributed by atoms with Crippen LogP contribution in [-0.4, -0.2) is 61.6 Å². The molecule has 1 amide bonds. The molecule has 0 spiro atoms. The lowest BCUT2D eigenvalue weighted by Crippen LogP contribution is -2.37. The molecule has 2 aromatic rings. The van der Waals surface area contributed by atoms with Gasteiger partial charge in [0.25, 0.3) is 0 Å². The molecular weight excluding hydrogens is 462 g/mol. The van der Waals surface area contributed by atoms with Crippen LogP contribution in [0.15, 0.2) is 48.5 Å². The molecule has 0 saturated carbocycles. The lowest BCUT2D eigenvalue weighted by molar-refractivity contribution is -0.149. The summed E-state index contributed by atoms with van der Waals surface area (Å²) in [5, 5.41) is 9.26. The molecule has 8 heteroatoms. The second-order valence-electron chi connectivity index (χ2n) is 8.43. The Morgan fingerprint density at radius 3 is 2.31 bits per heavy atom. The molecule has 0 radical (unpaired) electrons. The predicted molar refractivity (Wildman–Crippen MR) is 138 cm³/mol. The number of unbranched alkanes of at least 4 members (excludes halogenated alkanes) is 4. The van der Waals surface area contributed by atoms with Crippen molar-refractivity contribution in [3.8, 4) is 17.2 Å². The number of nitrogens with zero attached hydrogens (tertiary/aromatic N) is 1. The molecule has 2 aromatic carbocycles. The highest BCUT2D eigenvalue weighted by Gasteiger charge is 2.18. The zero-order chi connectivity index (χ0) is 26.2. The van der Waals surface area contributed by atoms with Crippen molar-refractivity contribution < 1.29 is 33.6 Å². The van der Waals surface area contributed by atoms with E-state index in [9.17, 15) is 14.7 Å². The Morgan fingerprint density at radius 2 is 1.64 bits per heavy atom. The number of hydrogen-bond donors (Lipinski definition) is 1. The van der Waals surface area contributed by atoms with Crippen LogP contribution in [0.5, 0.6) is 17.2 Å². The van der Waals surface area contributed by atoms with Crippen LogP contribution >= 0.6 is 0 Å². The van der Waals surface area contributed by atoms with Gasteiger partial charge in [-0.3, -0.25) is 0 Å². The maximum Gasteiger partial charge on any atom is 0.415 e. The third-order valence-corrected chi connectivity index (χ3v) is 5.65. The van der Waals surface area contributed by atoms with Crippen LogP contribution in [0, 0.1) is 0 Å². The molecule has 0 fully saturated rings. The van der Waals surface area contributed by atoms with E-state index in [1.165, 1.54) is 6.42 Å². The molecule has 0 bridgehead atoms. The fourth-order valence-electron chi connectivity index (χ4n) is 3.66. The third-order valence-electron chi connectivity index (χ3n) is 5.65. The Morgan fingerprint density at radius 1 is 0.917 bits per heavy atom. The zero-order valence-electron chi connectivity index (χ0n) is 21.6. The van der Waals surface area contributed by atoms with Gasteiger partial charge in [-0.05, 0) is 43.2 Å². The van der Waals surface area contributed by atoms with Crippen molar-refractivity contribution in [3.63, 3.8) is 0 Å². The molecule has 0 aliphatic carbocycles. The van der Waals surface area contributed by atoms with Crippen molar-refractivity contribution in [3.05, 3.63) is 54.1 Å². The molecule has 2 rings (SSSR count). The molecule has 1 atom stereocenters. The van der Waals surface area contributed by atoms with Gasteiger partial charge in [0, 0.05) is 25.6 Å². The first kappa shape index (κ1) is 29.0. The van der Waals surface area contributed by atoms with Crippen molar-refractivity contribution in [1.82, 2.24) is 4.90 Å². The summed E-state index contributed by atoms with van der Waals surface area (Å²) in [6.45, 7) is 5.55. The number of carboxylic acid groups (broad SMARTS) is 1. The zero-order valence-corrected chi connectivity index (χ0v) is 21.6. The van der Waals surface area contributed by atoms with E-state index in [-0.39, 0.29) is 6.42 Å². The van der Waals surface area contributed by atoms with E-state index in [1.807, 2.05) is 12.1 Å². The summed E-state index contributed by atoms with van der Waals surface area (Å²) in [4.78, 5) is 25.8. The van der Waals surface area contributed by atoms with Gasteiger partial charge in [-0.25, -0.2) is 9.59 Å². The molecule has 1 N–H and O–H groups in total. The summed E-state index contributed by atoms with van der Waals surface area (Å²) in [6, 6.07) is 14.2. The van der Waals surface area contributed by atoms with Crippen LogP contribution in [0.1, 0.15) is 51.5 Å². The van der Waals surface area contributed by atoms with Gasteiger partial charge in [0.15, 0.2) is 6.10 Å². The number of carbonyl (C=O) groups excluding carboxylic acids is 1. The Balaban J connectivity index is 1.92. The first-order valence-electron chi connectivity index (χ1n) is 12.6. The van der Waals surface area contributed by atoms with Crippen LogP contribution in [0.2, 0.25) is 0 Å². The molecule has 36 heavy (non-hydrogen) atoms. The first-order chi connectivity index (χ1) is 17.5. The minimum absolute atomic E-state index is 0.283. The summed E-state index contributed by atoms with van der Waals surface area (Å²) >= 11 is 0. The molecule has 0 saturated heterocycles. The maximum absolute atomic E-state index is 12.9. The highest BCUT2D eigenvalue weighted by Crippen LogP contribution is 2.20. The van der Waals surface area contributed by atoms with Gasteiger partial charge in [0.2, 0.25) is 0 Å². The van der Waals surface area contributed by atoms with E-state index in [2.05, 4.69) is 6.92 Å². The molecule has 0 aliphatic rings. The summed E-state index contributed by atoms with van der Waals surface area (Å²) < 4.78 is 21.9. The minimum Gasteiger partial charge on any atom is -0.497 e. The fraction of sp³-hybridized carbons (Fsp3) is 0.500. The predicted octanol–water partition coefficient (Wildman–Crippen LogP) is 5.58. The quantitative estimate of drug-likeness (QED) is 0.283. The lowest BCUT2D eigenvalue weighted by atomic mass is 10.1. The average molecular weight is 502 g/mol. The standard InChI is InChI=1S/C28H39NO7/c1-4-6-7-8-9-17-29(28(32)36-25-12-10-11-24(21-25)33-3)18-19-35-23-15-13-22(14-16-23)20-26(27(30)31)34-5-2/h10-16,21,26H,4-9,17-20H2,1-3H3,(H,30,31). The van der Waals surface area contributed by atoms with Gasteiger partial charge >= 0.3 is 12.1 Å². The smallest absolute Gasteiger partial charge is 0.415 e. The van der Waals surface area contributed by atoms with Crippen LogP contribution in [-0.2, 0) is 16.0 Å². The normalized spacial score (nSPS) is 11.5. The fourth-order valence-corrected chi connectivity index (χ4v) is 3.66. The van der Waals surface area contributed by atoms with Crippen molar-refractivity contribution in [1.29, 1.82) is 0 Å². The minimum atomic E-state index is -0.979. The van der Waals surface area contributed by atoms with Crippen LogP contribution in [0.25, 0.3) is 0 Å². The Bertz CT molecular complexity index is 916. The Labute approximate surface area is 214 Å². The summed E-state index contributed by atoms with van der Waals surface area (Å²) in [7, 11) is 1.57. The van der Waals surface area contributed by atoms with E-state index in [4.69, 9.17) is 18.9 Å². The number of ether oxygens (including phenoxy) is 4. The number of benzene rings is 2. The highest BCUT2D eigenvalue weighted by atomic mass is 16.6. The van der Waals surface area contributed by atoms with Gasteiger partial charge in [0.05, 0.1) is 13.7 Å². The summed E-state index contributed by atoms with van der Waals surface area (Å²) in [6.07, 6.45) is 4.43. The Hall–Kier alpha value is -3.26. The molecule has 0 heterocycles. The van der Waals surface area contributed by atoms with Crippen molar-refractivity contribution in [2.24, 2.45) is 0 Å². The van der Waals surface area contributed by atoms with Crippen molar-refractivity contribution >= 4 is 12.1 Å². The van der Waals surface area contributed by atoms with Crippen LogP contribution in [0.3, 0.4) is 0 Å². The van der Waals surface area contributed by atoms with Gasteiger partial charge < -0.3 is 29.0 Å². The van der Waals surface area contributed by atoms with Gasteiger partial charge in [-0.15, -0.1) is 0 Å². The lowest BCUT2D eigenvalue weighted by Gasteiger charge is -2.22. The number of rotatable bonds is 17. The van der Waals surface area contributed by atoms with Gasteiger partial charge in [0.1, 0.15) is 23.9 Å². The number of carboxylic acids is 1. The van der Waals surface area contributed by atoms with E-state index in [0.717, 1.165) is 31.2 Å². The molecular formula is C28H39NO7. The summed E-state index contributed by atoms with van der Waals surface area (Å²) in [5.41, 5.74) is 0.846. The largest absolute Gasteiger partial charge is 0.497 e. The second-order valence-corrected chi connectivity index (χ2v) is 8.43. The molecule has 1 unspecified atom stereocenters. The number of hydrogen-bond acceptors (Lipinski definition) is 6. The van der Waals surface area contributed by atoms with E-state index < -0.39 is 18.2 Å². The van der Waals surface area contributed by atoms with Crippen LogP contribution in [0.4, 0.5) is 4.79 Å². The highest BCUT2D eigenvalue weighted by molar-refractivity contribution is 5.72. The van der Waals surface area contributed by atoms with E-state index in [1.54, 1.807) is 55.3 Å². The van der Waals surface area contributed by atoms with Gasteiger partial charge in [-0.2, -0.15) is 0 Å². The summed E-state index contributed by atoms with van der Waals surface area (Å²) in [5.74, 6) is 0.714. The topological polar surface area (TPSA) is 94.5 Å². The number of methoxy groups -OCH3 is 1. The molecule has 0 aliphatic heterocycles. The van der Waals surface area contributed by atoms with Crippen molar-refractivity contribution in [2.75, 3.05) is 33.4 Å². The monoisotopic (exact) mass is 501 g/mol. The number of carbonyl (C=O) groups is 2. The van der Waals surface area contributed by atoms with E-state index in [0.29, 0.717) is 43.6 Å².